The Kier molecular flexibility index (Phi) is 5.03. The van der Waals surface area contributed by atoms with Crippen molar-refractivity contribution in [1.82, 2.24) is 0 Å². The molecule has 0 unspecified atom stereocenters. The minimum atomic E-state index is -4.59. The quantitative estimate of drug-likeness (QED) is 0.839. The molecule has 1 aromatic rings. The van der Waals surface area contributed by atoms with Gasteiger partial charge in [-0.15, -0.1) is 0 Å². The van der Waals surface area contributed by atoms with E-state index >= 15 is 0 Å². The normalized spacial score (nSPS) is 12.4. The number of thioether (sulfide) groups is 1. The van der Waals surface area contributed by atoms with Crippen molar-refractivity contribution < 1.29 is 35.9 Å². The van der Waals surface area contributed by atoms with Crippen LogP contribution in [-0.4, -0.2) is 36.5 Å². The number of hydrogen-bond acceptors (Lipinski definition) is 4. The van der Waals surface area contributed by atoms with Crippen molar-refractivity contribution in [2.45, 2.75) is 10.4 Å². The zero-order valence-electron chi connectivity index (χ0n) is 9.65. The Hall–Kier alpha value is -1.29. The van der Waals surface area contributed by atoms with E-state index < -0.39 is 60.9 Å². The lowest BCUT2D eigenvalue weighted by Gasteiger charge is -2.08. The summed E-state index contributed by atoms with van der Waals surface area (Å²) in [5, 5.41) is 8.68. The lowest BCUT2D eigenvalue weighted by Crippen LogP contribution is -2.14. The van der Waals surface area contributed by atoms with E-state index in [-0.39, 0.29) is 0 Å². The highest BCUT2D eigenvalue weighted by Gasteiger charge is 2.29. The van der Waals surface area contributed by atoms with Crippen LogP contribution >= 0.6 is 11.8 Å². The topological polar surface area (TPSA) is 71.4 Å². The first-order chi connectivity index (χ1) is 9.03. The number of hydrogen-bond donors (Lipinski definition) is 1. The Morgan fingerprint density at radius 2 is 1.90 bits per heavy atom. The van der Waals surface area contributed by atoms with Gasteiger partial charge in [-0.25, -0.2) is 17.6 Å². The number of halogens is 4. The van der Waals surface area contributed by atoms with Crippen molar-refractivity contribution in [3.63, 3.8) is 0 Å². The summed E-state index contributed by atoms with van der Waals surface area (Å²) in [6.07, 6.45) is 0. The van der Waals surface area contributed by atoms with Gasteiger partial charge in [-0.05, 0) is 30.0 Å². The molecule has 0 aliphatic rings. The van der Waals surface area contributed by atoms with Gasteiger partial charge in [0.1, 0.15) is 10.7 Å². The monoisotopic (exact) mass is 332 g/mol. The number of aromatic carboxylic acids is 1. The molecule has 0 aliphatic heterocycles. The summed E-state index contributed by atoms with van der Waals surface area (Å²) < 4.78 is 72.5. The van der Waals surface area contributed by atoms with Gasteiger partial charge in [0.25, 0.3) is 0 Å². The number of sulfone groups is 1. The first-order valence-corrected chi connectivity index (χ1v) is 7.63. The Morgan fingerprint density at radius 3 is 2.40 bits per heavy atom. The molecule has 0 spiro atoms. The van der Waals surface area contributed by atoms with Crippen LogP contribution in [0.15, 0.2) is 23.1 Å². The molecule has 0 saturated heterocycles. The summed E-state index contributed by atoms with van der Waals surface area (Å²) in [5.74, 6) is -4.42. The zero-order valence-corrected chi connectivity index (χ0v) is 11.3. The van der Waals surface area contributed by atoms with Crippen molar-refractivity contribution in [3.8, 4) is 0 Å². The first-order valence-electron chi connectivity index (χ1n) is 4.99. The molecule has 1 aromatic carbocycles. The zero-order chi connectivity index (χ0) is 15.6. The summed E-state index contributed by atoms with van der Waals surface area (Å²) in [4.78, 5) is 9.75. The molecule has 0 heterocycles. The number of benzene rings is 1. The highest BCUT2D eigenvalue weighted by Crippen LogP contribution is 2.30. The van der Waals surface area contributed by atoms with Crippen LogP contribution in [0.3, 0.4) is 0 Å². The summed E-state index contributed by atoms with van der Waals surface area (Å²) in [5.41, 5.74) is -5.05. The van der Waals surface area contributed by atoms with E-state index in [0.29, 0.717) is 12.1 Å². The molecule has 0 radical (unpaired) electrons. The SMILES string of the molecule is O=C(O)c1ccc(F)c(S(=O)(=O)CCSC(F)(F)F)c1. The first kappa shape index (κ1) is 16.8. The van der Waals surface area contributed by atoms with Crippen LogP contribution in [0.25, 0.3) is 0 Å². The average Bonchev–Trinajstić information content (AvgIpc) is 2.26. The van der Waals surface area contributed by atoms with Crippen LogP contribution in [0, 0.1) is 5.82 Å². The molecule has 1 rings (SSSR count). The predicted octanol–water partition coefficient (Wildman–Crippen LogP) is 2.55. The van der Waals surface area contributed by atoms with E-state index in [1.807, 2.05) is 0 Å². The van der Waals surface area contributed by atoms with Crippen molar-refractivity contribution in [2.24, 2.45) is 0 Å². The number of rotatable bonds is 5. The van der Waals surface area contributed by atoms with E-state index in [0.717, 1.165) is 6.07 Å². The number of carbonyl (C=O) groups is 1. The Morgan fingerprint density at radius 1 is 1.30 bits per heavy atom. The van der Waals surface area contributed by atoms with Gasteiger partial charge in [-0.2, -0.15) is 13.2 Å². The van der Waals surface area contributed by atoms with Gasteiger partial charge in [-0.3, -0.25) is 0 Å². The number of alkyl halides is 3. The smallest absolute Gasteiger partial charge is 0.441 e. The third kappa shape index (κ3) is 4.67. The van der Waals surface area contributed by atoms with Crippen LogP contribution in [0.4, 0.5) is 17.6 Å². The number of carboxylic acids is 1. The minimum absolute atomic E-state index is 0.464. The average molecular weight is 332 g/mol. The highest BCUT2D eigenvalue weighted by atomic mass is 32.2. The maximum atomic E-state index is 13.4. The standard InChI is InChI=1S/C10H8F4O4S2/c11-7-2-1-6(9(15)16)5-8(7)20(17,18)4-3-19-10(12,13)14/h1-2,5H,3-4H2,(H,15,16). The van der Waals surface area contributed by atoms with Gasteiger partial charge in [0.15, 0.2) is 9.84 Å². The third-order valence-corrected chi connectivity index (χ3v) is 4.85. The second kappa shape index (κ2) is 6.00. The van der Waals surface area contributed by atoms with Gasteiger partial charge in [-0.1, -0.05) is 0 Å². The molecular weight excluding hydrogens is 324 g/mol. The largest absolute Gasteiger partial charge is 0.478 e. The predicted molar refractivity (Wildman–Crippen MR) is 63.9 cm³/mol. The van der Waals surface area contributed by atoms with E-state index in [1.54, 1.807) is 0 Å². The van der Waals surface area contributed by atoms with Crippen molar-refractivity contribution in [3.05, 3.63) is 29.6 Å². The second-order valence-corrected chi connectivity index (χ2v) is 6.80. The molecule has 0 fully saturated rings. The molecule has 0 aromatic heterocycles. The summed E-state index contributed by atoms with van der Waals surface area (Å²) in [7, 11) is -4.33. The van der Waals surface area contributed by atoms with E-state index in [2.05, 4.69) is 0 Å². The maximum Gasteiger partial charge on any atom is 0.441 e. The van der Waals surface area contributed by atoms with E-state index in [4.69, 9.17) is 5.11 Å². The molecule has 10 heteroatoms. The fraction of sp³-hybridized carbons (Fsp3) is 0.300. The Balaban J connectivity index is 2.97. The Labute approximate surface area is 115 Å². The van der Waals surface area contributed by atoms with Crippen molar-refractivity contribution in [1.29, 1.82) is 0 Å². The van der Waals surface area contributed by atoms with Gasteiger partial charge in [0.05, 0.1) is 11.3 Å². The van der Waals surface area contributed by atoms with E-state index in [9.17, 15) is 30.8 Å². The van der Waals surface area contributed by atoms with Crippen molar-refractivity contribution >= 4 is 27.6 Å². The van der Waals surface area contributed by atoms with Crippen LogP contribution in [0.1, 0.15) is 10.4 Å². The van der Waals surface area contributed by atoms with Crippen molar-refractivity contribution in [2.75, 3.05) is 11.5 Å². The molecule has 0 amide bonds. The summed E-state index contributed by atoms with van der Waals surface area (Å²) in [6.45, 7) is 0. The lowest BCUT2D eigenvalue weighted by atomic mass is 10.2. The van der Waals surface area contributed by atoms with Gasteiger partial charge >= 0.3 is 11.5 Å². The maximum absolute atomic E-state index is 13.4. The van der Waals surface area contributed by atoms with Crippen LogP contribution in [0.5, 0.6) is 0 Å². The molecular formula is C10H8F4O4S2. The van der Waals surface area contributed by atoms with Gasteiger partial charge < -0.3 is 5.11 Å². The second-order valence-electron chi connectivity index (χ2n) is 3.56. The van der Waals surface area contributed by atoms with Crippen LogP contribution < -0.4 is 0 Å². The molecule has 0 atom stereocenters. The molecule has 0 saturated carbocycles. The van der Waals surface area contributed by atoms with Crippen LogP contribution in [0.2, 0.25) is 0 Å². The van der Waals surface area contributed by atoms with Gasteiger partial charge in [0, 0.05) is 5.75 Å². The van der Waals surface area contributed by atoms with Gasteiger partial charge in [0.2, 0.25) is 0 Å². The molecule has 1 N–H and O–H groups in total. The highest BCUT2D eigenvalue weighted by molar-refractivity contribution is 8.01. The minimum Gasteiger partial charge on any atom is -0.478 e. The fourth-order valence-electron chi connectivity index (χ4n) is 1.25. The molecule has 112 valence electrons. The fourth-order valence-corrected chi connectivity index (χ4v) is 3.59. The summed E-state index contributed by atoms with van der Waals surface area (Å²) >= 11 is -0.546. The third-order valence-electron chi connectivity index (χ3n) is 2.13. The molecule has 0 bridgehead atoms. The lowest BCUT2D eigenvalue weighted by molar-refractivity contribution is -0.0326. The molecule has 20 heavy (non-hydrogen) atoms. The summed E-state index contributed by atoms with van der Waals surface area (Å²) in [6, 6.07) is 2.10. The molecule has 0 aliphatic carbocycles. The Bertz CT molecular complexity index is 610. The van der Waals surface area contributed by atoms with E-state index in [1.165, 1.54) is 0 Å². The van der Waals surface area contributed by atoms with Crippen LogP contribution in [-0.2, 0) is 9.84 Å². The molecule has 4 nitrogen and oxygen atoms in total. The number of carboxylic acid groups (broad SMARTS) is 1.